The van der Waals surface area contributed by atoms with Crippen LogP contribution in [0.2, 0.25) is 0 Å². The monoisotopic (exact) mass is 300 g/mol. The lowest BCUT2D eigenvalue weighted by atomic mass is 10.0. The van der Waals surface area contributed by atoms with Crippen molar-refractivity contribution >= 4 is 11.8 Å². The number of nitrogens with zero attached hydrogens (tertiary/aromatic N) is 1. The van der Waals surface area contributed by atoms with Gasteiger partial charge in [-0.3, -0.25) is 14.5 Å². The van der Waals surface area contributed by atoms with Gasteiger partial charge >= 0.3 is 6.18 Å². The summed E-state index contributed by atoms with van der Waals surface area (Å²) in [6.45, 7) is -0.0753. The van der Waals surface area contributed by atoms with Crippen molar-refractivity contribution in [3.8, 4) is 0 Å². The topological polar surface area (TPSA) is 49.4 Å². The molecule has 2 rings (SSSR count). The third-order valence-corrected chi connectivity index (χ3v) is 3.51. The van der Waals surface area contributed by atoms with E-state index in [0.717, 1.165) is 11.0 Å². The largest absolute Gasteiger partial charge is 0.416 e. The number of carbonyl (C=O) groups is 2. The summed E-state index contributed by atoms with van der Waals surface area (Å²) in [7, 11) is 1.38. The van der Waals surface area contributed by atoms with Crippen LogP contribution in [0.15, 0.2) is 24.3 Å². The van der Waals surface area contributed by atoms with Crippen molar-refractivity contribution < 1.29 is 22.8 Å². The van der Waals surface area contributed by atoms with Gasteiger partial charge in [0.05, 0.1) is 11.6 Å². The van der Waals surface area contributed by atoms with Gasteiger partial charge in [-0.15, -0.1) is 0 Å². The lowest BCUT2D eigenvalue weighted by molar-refractivity contribution is -0.148. The van der Waals surface area contributed by atoms with Crippen LogP contribution in [-0.2, 0) is 22.3 Å². The first kappa shape index (κ1) is 15.5. The van der Waals surface area contributed by atoms with Crippen LogP contribution in [0.1, 0.15) is 24.0 Å². The number of benzene rings is 1. The second kappa shape index (κ2) is 5.85. The first-order valence-corrected chi connectivity index (χ1v) is 6.49. The molecule has 1 aromatic rings. The first-order valence-electron chi connectivity index (χ1n) is 6.49. The predicted molar refractivity (Wildman–Crippen MR) is 69.1 cm³/mol. The molecule has 2 amide bonds. The van der Waals surface area contributed by atoms with Gasteiger partial charge in [-0.05, 0) is 18.1 Å². The van der Waals surface area contributed by atoms with Gasteiger partial charge in [0.15, 0.2) is 0 Å². The molecule has 1 aliphatic heterocycles. The fourth-order valence-electron chi connectivity index (χ4n) is 2.29. The number of amides is 2. The summed E-state index contributed by atoms with van der Waals surface area (Å²) in [5.74, 6) is -0.676. The molecular formula is C14H15F3N2O2. The van der Waals surface area contributed by atoms with Gasteiger partial charge in [0.25, 0.3) is 0 Å². The molecule has 0 bridgehead atoms. The van der Waals surface area contributed by atoms with E-state index in [1.807, 2.05) is 0 Å². The SMILES string of the molecule is CN1C(=O)CCC(NCc2ccccc2C(F)(F)F)C1=O. The Morgan fingerprint density at radius 3 is 2.62 bits per heavy atom. The normalized spacial score (nSPS) is 20.0. The summed E-state index contributed by atoms with van der Waals surface area (Å²) in [5.41, 5.74) is -0.637. The number of hydrogen-bond acceptors (Lipinski definition) is 3. The third kappa shape index (κ3) is 3.41. The molecular weight excluding hydrogens is 285 g/mol. The number of carbonyl (C=O) groups excluding carboxylic acids is 2. The number of imide groups is 1. The summed E-state index contributed by atoms with van der Waals surface area (Å²) in [6.07, 6.45) is -3.92. The summed E-state index contributed by atoms with van der Waals surface area (Å²) in [5, 5.41) is 2.81. The molecule has 0 spiro atoms. The zero-order valence-corrected chi connectivity index (χ0v) is 11.4. The summed E-state index contributed by atoms with van der Waals surface area (Å²) >= 11 is 0. The standard InChI is InChI=1S/C14H15F3N2O2/c1-19-12(20)7-6-11(13(19)21)18-8-9-4-2-3-5-10(9)14(15,16)17/h2-5,11,18H,6-8H2,1H3. The minimum atomic E-state index is -4.43. The van der Waals surface area contributed by atoms with E-state index in [9.17, 15) is 22.8 Å². The molecule has 1 N–H and O–H groups in total. The maximum absolute atomic E-state index is 12.9. The Labute approximate surface area is 119 Å². The minimum Gasteiger partial charge on any atom is -0.302 e. The highest BCUT2D eigenvalue weighted by Gasteiger charge is 2.34. The molecule has 1 aromatic carbocycles. The van der Waals surface area contributed by atoms with Crippen molar-refractivity contribution in [3.63, 3.8) is 0 Å². The Bertz CT molecular complexity index is 557. The van der Waals surface area contributed by atoms with Gasteiger partial charge in [0.1, 0.15) is 0 Å². The highest BCUT2D eigenvalue weighted by Crippen LogP contribution is 2.31. The zero-order valence-electron chi connectivity index (χ0n) is 11.4. The summed E-state index contributed by atoms with van der Waals surface area (Å²) in [6, 6.07) is 4.59. The molecule has 1 fully saturated rings. The molecule has 1 unspecified atom stereocenters. The minimum absolute atomic E-state index is 0.0753. The smallest absolute Gasteiger partial charge is 0.302 e. The number of halogens is 3. The third-order valence-electron chi connectivity index (χ3n) is 3.51. The molecule has 0 aromatic heterocycles. The molecule has 4 nitrogen and oxygen atoms in total. The fourth-order valence-corrected chi connectivity index (χ4v) is 2.29. The van der Waals surface area contributed by atoms with Crippen LogP contribution in [0.4, 0.5) is 13.2 Å². The van der Waals surface area contributed by atoms with Gasteiger partial charge < -0.3 is 5.32 Å². The van der Waals surface area contributed by atoms with E-state index in [0.29, 0.717) is 6.42 Å². The second-order valence-corrected chi connectivity index (χ2v) is 4.92. The molecule has 1 saturated heterocycles. The zero-order chi connectivity index (χ0) is 15.6. The van der Waals surface area contributed by atoms with E-state index in [1.165, 1.54) is 25.2 Å². The van der Waals surface area contributed by atoms with Gasteiger partial charge in [-0.2, -0.15) is 13.2 Å². The van der Waals surface area contributed by atoms with E-state index in [1.54, 1.807) is 0 Å². The maximum atomic E-state index is 12.9. The Balaban J connectivity index is 2.07. The van der Waals surface area contributed by atoms with Crippen molar-refractivity contribution in [2.75, 3.05) is 7.05 Å². The van der Waals surface area contributed by atoms with Crippen molar-refractivity contribution in [2.45, 2.75) is 31.6 Å². The molecule has 1 aliphatic rings. The molecule has 21 heavy (non-hydrogen) atoms. The molecule has 0 radical (unpaired) electrons. The number of hydrogen-bond donors (Lipinski definition) is 1. The quantitative estimate of drug-likeness (QED) is 0.868. The van der Waals surface area contributed by atoms with Crippen LogP contribution < -0.4 is 5.32 Å². The van der Waals surface area contributed by atoms with Gasteiger partial charge in [0, 0.05) is 20.0 Å². The first-order chi connectivity index (χ1) is 9.80. The fraction of sp³-hybridized carbons (Fsp3) is 0.429. The van der Waals surface area contributed by atoms with Crippen LogP contribution in [-0.4, -0.2) is 29.8 Å². The molecule has 0 saturated carbocycles. The van der Waals surface area contributed by atoms with Crippen LogP contribution in [0.5, 0.6) is 0 Å². The average Bonchev–Trinajstić information content (AvgIpc) is 2.43. The Hall–Kier alpha value is -1.89. The molecule has 0 aliphatic carbocycles. The summed E-state index contributed by atoms with van der Waals surface area (Å²) < 4.78 is 38.6. The molecule has 1 atom stereocenters. The van der Waals surface area contributed by atoms with Crippen LogP contribution in [0, 0.1) is 0 Å². The van der Waals surface area contributed by atoms with Crippen LogP contribution >= 0.6 is 0 Å². The van der Waals surface area contributed by atoms with E-state index in [2.05, 4.69) is 5.32 Å². The highest BCUT2D eigenvalue weighted by molar-refractivity contribution is 6.00. The Kier molecular flexibility index (Phi) is 4.32. The van der Waals surface area contributed by atoms with Crippen molar-refractivity contribution in [1.29, 1.82) is 0 Å². The van der Waals surface area contributed by atoms with E-state index in [4.69, 9.17) is 0 Å². The second-order valence-electron chi connectivity index (χ2n) is 4.92. The Morgan fingerprint density at radius 1 is 1.29 bits per heavy atom. The lowest BCUT2D eigenvalue weighted by Gasteiger charge is -2.28. The van der Waals surface area contributed by atoms with E-state index < -0.39 is 23.7 Å². The average molecular weight is 300 g/mol. The summed E-state index contributed by atoms with van der Waals surface area (Å²) in [4.78, 5) is 24.2. The van der Waals surface area contributed by atoms with Crippen LogP contribution in [0.25, 0.3) is 0 Å². The number of rotatable bonds is 3. The predicted octanol–water partition coefficient (Wildman–Crippen LogP) is 1.94. The van der Waals surface area contributed by atoms with Gasteiger partial charge in [-0.1, -0.05) is 18.2 Å². The van der Waals surface area contributed by atoms with Crippen molar-refractivity contribution in [2.24, 2.45) is 0 Å². The van der Waals surface area contributed by atoms with E-state index >= 15 is 0 Å². The Morgan fingerprint density at radius 2 is 1.95 bits per heavy atom. The number of nitrogens with one attached hydrogen (secondary N) is 1. The van der Waals surface area contributed by atoms with Crippen LogP contribution in [0.3, 0.4) is 0 Å². The highest BCUT2D eigenvalue weighted by atomic mass is 19.4. The van der Waals surface area contributed by atoms with E-state index in [-0.39, 0.29) is 24.4 Å². The maximum Gasteiger partial charge on any atom is 0.416 e. The molecule has 1 heterocycles. The van der Waals surface area contributed by atoms with Crippen molar-refractivity contribution in [1.82, 2.24) is 10.2 Å². The number of likely N-dealkylation sites (tertiary alicyclic amines) is 1. The number of alkyl halides is 3. The lowest BCUT2D eigenvalue weighted by Crippen LogP contribution is -2.51. The van der Waals surface area contributed by atoms with Gasteiger partial charge in [-0.25, -0.2) is 0 Å². The van der Waals surface area contributed by atoms with Gasteiger partial charge in [0.2, 0.25) is 11.8 Å². The number of piperidine rings is 1. The number of likely N-dealkylation sites (N-methyl/N-ethyl adjacent to an activating group) is 1. The molecule has 114 valence electrons. The van der Waals surface area contributed by atoms with Crippen molar-refractivity contribution in [3.05, 3.63) is 35.4 Å². The molecule has 7 heteroatoms.